The number of piperidine rings is 1. The highest BCUT2D eigenvalue weighted by Gasteiger charge is 2.39. The monoisotopic (exact) mass is 394 g/mol. The van der Waals surface area contributed by atoms with Crippen LogP contribution in [0.25, 0.3) is 11.1 Å². The van der Waals surface area contributed by atoms with Crippen LogP contribution in [-0.4, -0.2) is 31.7 Å². The fourth-order valence-corrected chi connectivity index (χ4v) is 3.40. The van der Waals surface area contributed by atoms with Gasteiger partial charge in [0.2, 0.25) is 0 Å². The second-order valence-corrected chi connectivity index (χ2v) is 6.73. The van der Waals surface area contributed by atoms with Gasteiger partial charge in [-0.1, -0.05) is 48.0 Å². The lowest BCUT2D eigenvalue weighted by Gasteiger charge is -2.34. The molecule has 3 rings (SSSR count). The Morgan fingerprint density at radius 3 is 2.46 bits per heavy atom. The molecule has 2 N–H and O–H groups in total. The first kappa shape index (κ1) is 20.7. The first-order chi connectivity index (χ1) is 12.1. The fraction of sp³-hybridized carbons (Fsp3) is 0.350. The van der Waals surface area contributed by atoms with Crippen LogP contribution in [0, 0.1) is 0 Å². The number of nitrogens with one attached hydrogen (secondary N) is 2. The molecule has 0 atom stereocenters. The van der Waals surface area contributed by atoms with Gasteiger partial charge in [-0.3, -0.25) is 4.79 Å². The van der Waals surface area contributed by atoms with E-state index in [0.29, 0.717) is 24.4 Å². The first-order valence-electron chi connectivity index (χ1n) is 8.53. The molecule has 0 saturated carbocycles. The van der Waals surface area contributed by atoms with Gasteiger partial charge in [-0.25, -0.2) is 0 Å². The molecule has 26 heavy (non-hydrogen) atoms. The lowest BCUT2D eigenvalue weighted by Crippen LogP contribution is -2.53. The Kier molecular flexibility index (Phi) is 7.47. The number of benzene rings is 2. The number of ether oxygens (including phenoxy) is 1. The largest absolute Gasteiger partial charge is 0.368 e. The van der Waals surface area contributed by atoms with Gasteiger partial charge in [0.05, 0.1) is 0 Å². The van der Waals surface area contributed by atoms with Crippen molar-refractivity contribution >= 4 is 29.9 Å². The minimum Gasteiger partial charge on any atom is -0.368 e. The predicted octanol–water partition coefficient (Wildman–Crippen LogP) is 3.81. The lowest BCUT2D eigenvalue weighted by atomic mass is 9.91. The topological polar surface area (TPSA) is 50.4 Å². The van der Waals surface area contributed by atoms with Crippen LogP contribution in [0.15, 0.2) is 48.5 Å². The van der Waals surface area contributed by atoms with E-state index < -0.39 is 5.60 Å². The summed E-state index contributed by atoms with van der Waals surface area (Å²) in [5, 5.41) is 7.04. The molecule has 0 aromatic heterocycles. The molecule has 2 aromatic carbocycles. The van der Waals surface area contributed by atoms with Crippen molar-refractivity contribution in [2.24, 2.45) is 0 Å². The van der Waals surface area contributed by atoms with Crippen molar-refractivity contribution in [3.8, 4) is 11.1 Å². The van der Waals surface area contributed by atoms with E-state index in [4.69, 9.17) is 16.3 Å². The third-order valence-electron chi connectivity index (χ3n) is 4.83. The average Bonchev–Trinajstić information content (AvgIpc) is 2.67. The van der Waals surface area contributed by atoms with Gasteiger partial charge in [0.15, 0.2) is 0 Å². The van der Waals surface area contributed by atoms with Crippen LogP contribution >= 0.6 is 24.0 Å². The molecule has 1 fully saturated rings. The highest BCUT2D eigenvalue weighted by molar-refractivity contribution is 6.30. The summed E-state index contributed by atoms with van der Waals surface area (Å²) in [6, 6.07) is 15.8. The summed E-state index contributed by atoms with van der Waals surface area (Å²) in [4.78, 5) is 12.7. The highest BCUT2D eigenvalue weighted by Crippen LogP contribution is 2.26. The first-order valence-corrected chi connectivity index (χ1v) is 8.90. The maximum absolute atomic E-state index is 12.7. The van der Waals surface area contributed by atoms with Crippen LogP contribution in [0.2, 0.25) is 5.02 Å². The molecule has 1 aliphatic rings. The smallest absolute Gasteiger partial charge is 0.252 e. The molecular formula is C20H24Cl2N2O2. The van der Waals surface area contributed by atoms with Crippen molar-refractivity contribution in [3.63, 3.8) is 0 Å². The van der Waals surface area contributed by atoms with E-state index in [1.165, 1.54) is 0 Å². The van der Waals surface area contributed by atoms with Crippen LogP contribution in [0.5, 0.6) is 0 Å². The number of hydrogen-bond donors (Lipinski definition) is 2. The van der Waals surface area contributed by atoms with E-state index in [1.54, 1.807) is 7.11 Å². The molecule has 0 unspecified atom stereocenters. The zero-order chi connectivity index (χ0) is 17.7. The van der Waals surface area contributed by atoms with E-state index in [9.17, 15) is 4.79 Å². The summed E-state index contributed by atoms with van der Waals surface area (Å²) in [6.45, 7) is 2.06. The highest BCUT2D eigenvalue weighted by atomic mass is 35.5. The van der Waals surface area contributed by atoms with Gasteiger partial charge in [0.25, 0.3) is 5.91 Å². The Balaban J connectivity index is 0.00000243. The summed E-state index contributed by atoms with van der Waals surface area (Å²) in [5.74, 6) is -0.0394. The van der Waals surface area contributed by atoms with Crippen molar-refractivity contribution in [2.45, 2.75) is 25.0 Å². The molecule has 2 aromatic rings. The summed E-state index contributed by atoms with van der Waals surface area (Å²) in [5.41, 5.74) is 2.52. The van der Waals surface area contributed by atoms with Crippen LogP contribution < -0.4 is 10.6 Å². The number of methoxy groups -OCH3 is 1. The molecule has 6 heteroatoms. The number of hydrogen-bond acceptors (Lipinski definition) is 3. The second-order valence-electron chi connectivity index (χ2n) is 6.30. The Labute approximate surface area is 165 Å². The van der Waals surface area contributed by atoms with Crippen LogP contribution in [0.4, 0.5) is 0 Å². The predicted molar refractivity (Wildman–Crippen MR) is 108 cm³/mol. The van der Waals surface area contributed by atoms with E-state index in [1.807, 2.05) is 42.5 Å². The molecule has 1 aliphatic heterocycles. The number of halogens is 2. The Hall–Kier alpha value is -1.59. The van der Waals surface area contributed by atoms with Crippen molar-refractivity contribution < 1.29 is 9.53 Å². The number of carbonyl (C=O) groups is 1. The Bertz CT molecular complexity index is 729. The number of rotatable bonds is 5. The standard InChI is InChI=1S/C20H23ClN2O2.ClH/c1-25-20(10-12-22-13-11-20)19(24)23-14-16-4-2-3-5-18(16)15-6-8-17(21)9-7-15;/h2-9,22H,10-14H2,1H3,(H,23,24);1H. The second kappa shape index (κ2) is 9.38. The maximum atomic E-state index is 12.7. The SMILES string of the molecule is COC1(C(=O)NCc2ccccc2-c2ccc(Cl)cc2)CCNCC1.Cl. The normalized spacial score (nSPS) is 15.8. The molecule has 1 heterocycles. The summed E-state index contributed by atoms with van der Waals surface area (Å²) < 4.78 is 5.59. The average molecular weight is 395 g/mol. The van der Waals surface area contributed by atoms with Crippen molar-refractivity contribution in [1.82, 2.24) is 10.6 Å². The Morgan fingerprint density at radius 2 is 1.81 bits per heavy atom. The minimum atomic E-state index is -0.722. The van der Waals surface area contributed by atoms with E-state index in [-0.39, 0.29) is 18.3 Å². The molecule has 1 amide bonds. The molecule has 1 saturated heterocycles. The summed E-state index contributed by atoms with van der Waals surface area (Å²) >= 11 is 5.98. The van der Waals surface area contributed by atoms with Gasteiger partial charge in [-0.05, 0) is 54.8 Å². The van der Waals surface area contributed by atoms with Gasteiger partial charge in [-0.2, -0.15) is 0 Å². The van der Waals surface area contributed by atoms with E-state index >= 15 is 0 Å². The van der Waals surface area contributed by atoms with Crippen molar-refractivity contribution in [1.29, 1.82) is 0 Å². The number of carbonyl (C=O) groups excluding carboxylic acids is 1. The van der Waals surface area contributed by atoms with Crippen LogP contribution in [0.1, 0.15) is 18.4 Å². The zero-order valence-corrected chi connectivity index (χ0v) is 16.3. The molecule has 0 spiro atoms. The maximum Gasteiger partial charge on any atom is 0.252 e. The molecule has 4 nitrogen and oxygen atoms in total. The lowest BCUT2D eigenvalue weighted by molar-refractivity contribution is -0.146. The van der Waals surface area contributed by atoms with Gasteiger partial charge in [-0.15, -0.1) is 12.4 Å². The van der Waals surface area contributed by atoms with Crippen LogP contribution in [0.3, 0.4) is 0 Å². The van der Waals surface area contributed by atoms with Crippen molar-refractivity contribution in [3.05, 3.63) is 59.1 Å². The summed E-state index contributed by atoms with van der Waals surface area (Å²) in [7, 11) is 1.62. The minimum absolute atomic E-state index is 0. The Morgan fingerprint density at radius 1 is 1.15 bits per heavy atom. The van der Waals surface area contributed by atoms with Crippen molar-refractivity contribution in [2.75, 3.05) is 20.2 Å². The van der Waals surface area contributed by atoms with E-state index in [0.717, 1.165) is 29.8 Å². The van der Waals surface area contributed by atoms with Gasteiger partial charge in [0.1, 0.15) is 5.60 Å². The van der Waals surface area contributed by atoms with Crippen LogP contribution in [-0.2, 0) is 16.1 Å². The van der Waals surface area contributed by atoms with Gasteiger partial charge in [0, 0.05) is 18.7 Å². The van der Waals surface area contributed by atoms with Gasteiger partial charge < -0.3 is 15.4 Å². The molecule has 140 valence electrons. The van der Waals surface area contributed by atoms with Gasteiger partial charge >= 0.3 is 0 Å². The third-order valence-corrected chi connectivity index (χ3v) is 5.08. The fourth-order valence-electron chi connectivity index (χ4n) is 3.28. The molecule has 0 bridgehead atoms. The molecule has 0 radical (unpaired) electrons. The summed E-state index contributed by atoms with van der Waals surface area (Å²) in [6.07, 6.45) is 1.38. The zero-order valence-electron chi connectivity index (χ0n) is 14.8. The quantitative estimate of drug-likeness (QED) is 0.810. The third kappa shape index (κ3) is 4.57. The molecular weight excluding hydrogens is 371 g/mol. The van der Waals surface area contributed by atoms with E-state index in [2.05, 4.69) is 16.7 Å². The molecule has 0 aliphatic carbocycles. The number of amides is 1.